The largest absolute Gasteiger partial charge is 0.508 e. The molecule has 1 aliphatic rings. The van der Waals surface area contributed by atoms with Gasteiger partial charge < -0.3 is 19.8 Å². The highest BCUT2D eigenvalue weighted by atomic mass is 16.5. The SMILES string of the molecule is CCCOc1cccc(C(O)=C2C(=O)C(=O)N(Cc3cccnc3)C2c2ccc(O)cc2)c1. The number of aromatic hydroxyl groups is 1. The zero-order chi connectivity index (χ0) is 23.4. The monoisotopic (exact) mass is 444 g/mol. The summed E-state index contributed by atoms with van der Waals surface area (Å²) < 4.78 is 5.65. The number of rotatable bonds is 7. The predicted molar refractivity (Wildman–Crippen MR) is 122 cm³/mol. The third-order valence-electron chi connectivity index (χ3n) is 5.40. The Morgan fingerprint density at radius 1 is 1.09 bits per heavy atom. The van der Waals surface area contributed by atoms with Crippen LogP contribution in [-0.4, -0.2) is 38.4 Å². The molecule has 0 bridgehead atoms. The van der Waals surface area contributed by atoms with Crippen LogP contribution in [-0.2, 0) is 16.1 Å². The Morgan fingerprint density at radius 2 is 1.88 bits per heavy atom. The Kier molecular flexibility index (Phi) is 6.40. The molecule has 1 amide bonds. The second-order valence-electron chi connectivity index (χ2n) is 7.76. The maximum absolute atomic E-state index is 13.1. The number of likely N-dealkylation sites (tertiary alicyclic amines) is 1. The van der Waals surface area contributed by atoms with Crippen LogP contribution in [0.5, 0.6) is 11.5 Å². The van der Waals surface area contributed by atoms with E-state index < -0.39 is 17.7 Å². The van der Waals surface area contributed by atoms with Crippen LogP contribution in [0.25, 0.3) is 5.76 Å². The highest BCUT2D eigenvalue weighted by Gasteiger charge is 2.46. The standard InChI is InChI=1S/C26H24N2O5/c1-2-13-33-21-7-3-6-19(14-21)24(30)22-23(18-8-10-20(29)11-9-18)28(26(32)25(22)31)16-17-5-4-12-27-15-17/h3-12,14-15,23,29-30H,2,13,16H2,1H3. The minimum atomic E-state index is -0.828. The molecule has 0 spiro atoms. The van der Waals surface area contributed by atoms with Crippen LogP contribution < -0.4 is 4.74 Å². The van der Waals surface area contributed by atoms with Gasteiger partial charge >= 0.3 is 0 Å². The first-order chi connectivity index (χ1) is 16.0. The van der Waals surface area contributed by atoms with Crippen molar-refractivity contribution in [2.24, 2.45) is 0 Å². The average Bonchev–Trinajstić information content (AvgIpc) is 3.08. The molecular weight excluding hydrogens is 420 g/mol. The molecule has 2 heterocycles. The summed E-state index contributed by atoms with van der Waals surface area (Å²) in [6, 6.07) is 15.8. The van der Waals surface area contributed by atoms with Crippen molar-refractivity contribution >= 4 is 17.4 Å². The molecule has 1 fully saturated rings. The summed E-state index contributed by atoms with van der Waals surface area (Å²) in [4.78, 5) is 31.7. The normalized spacial score (nSPS) is 17.4. The van der Waals surface area contributed by atoms with E-state index in [1.165, 1.54) is 17.0 Å². The quantitative estimate of drug-likeness (QED) is 0.322. The van der Waals surface area contributed by atoms with Gasteiger partial charge in [0.1, 0.15) is 17.3 Å². The molecule has 1 saturated heterocycles. The first-order valence-electron chi connectivity index (χ1n) is 10.7. The predicted octanol–water partition coefficient (Wildman–Crippen LogP) is 4.20. The zero-order valence-electron chi connectivity index (χ0n) is 18.1. The number of ketones is 1. The number of carbonyl (C=O) groups is 2. The number of aliphatic hydroxyl groups excluding tert-OH is 1. The lowest BCUT2D eigenvalue weighted by atomic mass is 9.95. The number of amides is 1. The van der Waals surface area contributed by atoms with Crippen molar-refractivity contribution in [1.82, 2.24) is 9.88 Å². The molecular formula is C26H24N2O5. The highest BCUT2D eigenvalue weighted by molar-refractivity contribution is 6.46. The number of nitrogens with zero attached hydrogens (tertiary/aromatic N) is 2. The van der Waals surface area contributed by atoms with E-state index in [0.29, 0.717) is 23.5 Å². The van der Waals surface area contributed by atoms with Crippen molar-refractivity contribution in [1.29, 1.82) is 0 Å². The smallest absolute Gasteiger partial charge is 0.295 e. The summed E-state index contributed by atoms with van der Waals surface area (Å²) in [5, 5.41) is 20.9. The fourth-order valence-electron chi connectivity index (χ4n) is 3.84. The number of carbonyl (C=O) groups excluding carboxylic acids is 2. The summed E-state index contributed by atoms with van der Waals surface area (Å²) in [6.07, 6.45) is 4.08. The number of aromatic nitrogens is 1. The van der Waals surface area contributed by atoms with E-state index in [1.807, 2.05) is 13.0 Å². The fourth-order valence-corrected chi connectivity index (χ4v) is 3.84. The number of pyridine rings is 1. The Labute approximate surface area is 191 Å². The molecule has 4 rings (SSSR count). The van der Waals surface area contributed by atoms with Gasteiger partial charge in [0, 0.05) is 24.5 Å². The second kappa shape index (κ2) is 9.56. The van der Waals surface area contributed by atoms with Crippen LogP contribution in [0.2, 0.25) is 0 Å². The van der Waals surface area contributed by atoms with E-state index in [9.17, 15) is 19.8 Å². The number of Topliss-reactive ketones (excluding diaryl/α,β-unsaturated/α-hetero) is 1. The Morgan fingerprint density at radius 3 is 2.58 bits per heavy atom. The number of phenols is 1. The highest BCUT2D eigenvalue weighted by Crippen LogP contribution is 2.40. The lowest BCUT2D eigenvalue weighted by molar-refractivity contribution is -0.140. The van der Waals surface area contributed by atoms with Gasteiger partial charge in [0.15, 0.2) is 0 Å². The molecule has 0 saturated carbocycles. The van der Waals surface area contributed by atoms with Crippen LogP contribution in [0.3, 0.4) is 0 Å². The van der Waals surface area contributed by atoms with Crippen LogP contribution in [0.4, 0.5) is 0 Å². The molecule has 33 heavy (non-hydrogen) atoms. The summed E-state index contributed by atoms with van der Waals surface area (Å²) in [5.74, 6) is -1.14. The number of phenolic OH excluding ortho intramolecular Hbond substituents is 1. The van der Waals surface area contributed by atoms with Crippen molar-refractivity contribution in [2.45, 2.75) is 25.9 Å². The third kappa shape index (κ3) is 4.57. The lowest BCUT2D eigenvalue weighted by Crippen LogP contribution is -2.29. The van der Waals surface area contributed by atoms with Crippen LogP contribution in [0.1, 0.15) is 36.1 Å². The molecule has 1 atom stereocenters. The van der Waals surface area contributed by atoms with Crippen molar-refractivity contribution in [3.63, 3.8) is 0 Å². The lowest BCUT2D eigenvalue weighted by Gasteiger charge is -2.25. The van der Waals surface area contributed by atoms with Crippen molar-refractivity contribution in [3.8, 4) is 11.5 Å². The van der Waals surface area contributed by atoms with E-state index in [-0.39, 0.29) is 23.6 Å². The summed E-state index contributed by atoms with van der Waals surface area (Å²) in [7, 11) is 0. The summed E-state index contributed by atoms with van der Waals surface area (Å²) in [5.41, 5.74) is 1.71. The number of ether oxygens (including phenoxy) is 1. The molecule has 168 valence electrons. The van der Waals surface area contributed by atoms with E-state index in [1.54, 1.807) is 54.9 Å². The van der Waals surface area contributed by atoms with Crippen LogP contribution in [0.15, 0.2) is 78.6 Å². The van der Waals surface area contributed by atoms with Gasteiger partial charge in [0.25, 0.3) is 11.7 Å². The Bertz CT molecular complexity index is 1190. The zero-order valence-corrected chi connectivity index (χ0v) is 18.1. The number of hydrogen-bond donors (Lipinski definition) is 2. The van der Waals surface area contributed by atoms with Gasteiger partial charge in [-0.2, -0.15) is 0 Å². The van der Waals surface area contributed by atoms with Crippen molar-refractivity contribution < 1.29 is 24.5 Å². The first kappa shape index (κ1) is 22.1. The molecule has 7 heteroatoms. The van der Waals surface area contributed by atoms with Gasteiger partial charge in [0.2, 0.25) is 0 Å². The van der Waals surface area contributed by atoms with Crippen LogP contribution in [0, 0.1) is 0 Å². The summed E-state index contributed by atoms with van der Waals surface area (Å²) >= 11 is 0. The number of hydrogen-bond acceptors (Lipinski definition) is 6. The van der Waals surface area contributed by atoms with Crippen LogP contribution >= 0.6 is 0 Å². The molecule has 3 aromatic rings. The molecule has 2 N–H and O–H groups in total. The van der Waals surface area contributed by atoms with E-state index >= 15 is 0 Å². The average molecular weight is 444 g/mol. The molecule has 0 radical (unpaired) electrons. The van der Waals surface area contributed by atoms with E-state index in [4.69, 9.17) is 4.74 Å². The molecule has 1 aromatic heterocycles. The minimum absolute atomic E-state index is 0.0118. The molecule has 0 aliphatic carbocycles. The van der Waals surface area contributed by atoms with Gasteiger partial charge in [-0.3, -0.25) is 14.6 Å². The van der Waals surface area contributed by atoms with Crippen molar-refractivity contribution in [3.05, 3.63) is 95.3 Å². The first-order valence-corrected chi connectivity index (χ1v) is 10.7. The topological polar surface area (TPSA) is 100.0 Å². The number of aliphatic hydroxyl groups is 1. The van der Waals surface area contributed by atoms with E-state index in [2.05, 4.69) is 4.98 Å². The Hall–Kier alpha value is -4.13. The second-order valence-corrected chi connectivity index (χ2v) is 7.76. The van der Waals surface area contributed by atoms with Gasteiger partial charge in [-0.1, -0.05) is 37.3 Å². The van der Waals surface area contributed by atoms with Crippen molar-refractivity contribution in [2.75, 3.05) is 6.61 Å². The molecule has 7 nitrogen and oxygen atoms in total. The number of benzene rings is 2. The van der Waals surface area contributed by atoms with Gasteiger partial charge in [-0.15, -0.1) is 0 Å². The van der Waals surface area contributed by atoms with E-state index in [0.717, 1.165) is 12.0 Å². The van der Waals surface area contributed by atoms with Gasteiger partial charge in [-0.05, 0) is 47.9 Å². The Balaban J connectivity index is 1.81. The maximum atomic E-state index is 13.1. The fraction of sp³-hybridized carbons (Fsp3) is 0.192. The third-order valence-corrected chi connectivity index (χ3v) is 5.40. The molecule has 1 unspecified atom stereocenters. The minimum Gasteiger partial charge on any atom is -0.508 e. The molecule has 1 aliphatic heterocycles. The maximum Gasteiger partial charge on any atom is 0.295 e. The summed E-state index contributed by atoms with van der Waals surface area (Å²) in [6.45, 7) is 2.65. The molecule has 2 aromatic carbocycles. The van der Waals surface area contributed by atoms with Gasteiger partial charge in [0.05, 0.1) is 18.2 Å². The van der Waals surface area contributed by atoms with Gasteiger partial charge in [-0.25, -0.2) is 0 Å².